The van der Waals surface area contributed by atoms with E-state index in [1.807, 2.05) is 6.07 Å². The van der Waals surface area contributed by atoms with E-state index < -0.39 is 0 Å². The Bertz CT molecular complexity index is 891. The van der Waals surface area contributed by atoms with Gasteiger partial charge in [0, 0.05) is 29.3 Å². The number of carbonyl (C=O) groups excluding carboxylic acids is 1. The first-order valence-corrected chi connectivity index (χ1v) is 6.96. The average Bonchev–Trinajstić information content (AvgIpc) is 2.53. The van der Waals surface area contributed by atoms with E-state index in [4.69, 9.17) is 21.4 Å². The molecule has 0 spiro atoms. The molecule has 2 aromatic heterocycles. The van der Waals surface area contributed by atoms with Gasteiger partial charge in [-0.2, -0.15) is 0 Å². The molecule has 110 valence electrons. The number of halogens is 1. The fourth-order valence-electron chi connectivity index (χ4n) is 2.06. The Morgan fingerprint density at radius 1 is 1.32 bits per heavy atom. The molecule has 0 aliphatic rings. The number of aromatic nitrogens is 1. The van der Waals surface area contributed by atoms with Crippen molar-refractivity contribution in [1.82, 2.24) is 10.3 Å². The van der Waals surface area contributed by atoms with Gasteiger partial charge in [0.25, 0.3) is 5.91 Å². The standard InChI is InChI=1S/C16H12ClN3O2/c17-12-3-4-14-11(6-12)7-13(15(18)22-14)16(21)20-9-10-2-1-5-19-8-10/h1-8,18H,9H2,(H,20,21). The number of hydrogen-bond acceptors (Lipinski definition) is 4. The van der Waals surface area contributed by atoms with Crippen LogP contribution in [0.25, 0.3) is 11.0 Å². The molecule has 3 rings (SSSR count). The summed E-state index contributed by atoms with van der Waals surface area (Å²) in [6.45, 7) is 0.333. The van der Waals surface area contributed by atoms with Gasteiger partial charge in [-0.25, -0.2) is 0 Å². The zero-order valence-corrected chi connectivity index (χ0v) is 12.2. The normalized spacial score (nSPS) is 10.6. The first kappa shape index (κ1) is 14.3. The van der Waals surface area contributed by atoms with Crippen LogP contribution in [0.15, 0.2) is 53.2 Å². The van der Waals surface area contributed by atoms with Crippen molar-refractivity contribution in [1.29, 1.82) is 5.41 Å². The Hall–Kier alpha value is -2.66. The van der Waals surface area contributed by atoms with Crippen molar-refractivity contribution in [3.8, 4) is 0 Å². The molecule has 0 aliphatic carbocycles. The number of carbonyl (C=O) groups is 1. The van der Waals surface area contributed by atoms with Crippen molar-refractivity contribution in [2.75, 3.05) is 0 Å². The lowest BCUT2D eigenvalue weighted by molar-refractivity contribution is 0.0946. The van der Waals surface area contributed by atoms with Gasteiger partial charge in [-0.1, -0.05) is 17.7 Å². The van der Waals surface area contributed by atoms with Gasteiger partial charge in [-0.15, -0.1) is 0 Å². The van der Waals surface area contributed by atoms with E-state index in [-0.39, 0.29) is 17.0 Å². The summed E-state index contributed by atoms with van der Waals surface area (Å²) < 4.78 is 5.36. The van der Waals surface area contributed by atoms with Crippen LogP contribution in [-0.4, -0.2) is 10.9 Å². The maximum absolute atomic E-state index is 12.2. The number of amides is 1. The lowest BCUT2D eigenvalue weighted by Gasteiger charge is -2.06. The van der Waals surface area contributed by atoms with Crippen LogP contribution in [0.2, 0.25) is 5.02 Å². The molecule has 0 aliphatic heterocycles. The highest BCUT2D eigenvalue weighted by atomic mass is 35.5. The van der Waals surface area contributed by atoms with E-state index in [9.17, 15) is 4.79 Å². The molecule has 22 heavy (non-hydrogen) atoms. The highest BCUT2D eigenvalue weighted by Crippen LogP contribution is 2.18. The van der Waals surface area contributed by atoms with Gasteiger partial charge in [0.1, 0.15) is 11.1 Å². The zero-order valence-electron chi connectivity index (χ0n) is 11.5. The third-order valence-electron chi connectivity index (χ3n) is 3.15. The maximum atomic E-state index is 12.2. The van der Waals surface area contributed by atoms with Crippen LogP contribution in [0.3, 0.4) is 0 Å². The molecule has 2 N–H and O–H groups in total. The van der Waals surface area contributed by atoms with Gasteiger partial charge in [0.15, 0.2) is 0 Å². The second-order valence-electron chi connectivity index (χ2n) is 4.72. The topological polar surface area (TPSA) is 79.0 Å². The summed E-state index contributed by atoms with van der Waals surface area (Å²) in [5.74, 6) is -0.375. The van der Waals surface area contributed by atoms with Gasteiger partial charge >= 0.3 is 0 Å². The van der Waals surface area contributed by atoms with E-state index in [1.165, 1.54) is 0 Å². The Morgan fingerprint density at radius 2 is 2.18 bits per heavy atom. The molecule has 0 bridgehead atoms. The molecule has 2 heterocycles. The van der Waals surface area contributed by atoms with Gasteiger partial charge in [0.05, 0.1) is 0 Å². The van der Waals surface area contributed by atoms with Crippen molar-refractivity contribution in [2.45, 2.75) is 6.54 Å². The lowest BCUT2D eigenvalue weighted by atomic mass is 10.1. The van der Waals surface area contributed by atoms with Crippen molar-refractivity contribution in [3.63, 3.8) is 0 Å². The lowest BCUT2D eigenvalue weighted by Crippen LogP contribution is -2.27. The molecule has 0 radical (unpaired) electrons. The van der Waals surface area contributed by atoms with Crippen molar-refractivity contribution >= 4 is 28.5 Å². The summed E-state index contributed by atoms with van der Waals surface area (Å²) >= 11 is 5.94. The fraction of sp³-hybridized carbons (Fsp3) is 0.0625. The number of nitrogens with zero attached hydrogens (tertiary/aromatic N) is 1. The summed E-state index contributed by atoms with van der Waals surface area (Å²) in [5.41, 5.74) is 1.37. The van der Waals surface area contributed by atoms with Crippen molar-refractivity contribution in [2.24, 2.45) is 0 Å². The smallest absolute Gasteiger partial charge is 0.257 e. The molecule has 5 nitrogen and oxygen atoms in total. The van der Waals surface area contributed by atoms with Crippen LogP contribution in [0.5, 0.6) is 0 Å². The van der Waals surface area contributed by atoms with E-state index in [0.29, 0.717) is 22.5 Å². The second-order valence-corrected chi connectivity index (χ2v) is 5.15. The van der Waals surface area contributed by atoms with Crippen molar-refractivity contribution < 1.29 is 9.21 Å². The summed E-state index contributed by atoms with van der Waals surface area (Å²) in [7, 11) is 0. The molecule has 0 unspecified atom stereocenters. The summed E-state index contributed by atoms with van der Waals surface area (Å²) in [4.78, 5) is 16.2. The van der Waals surface area contributed by atoms with Crippen LogP contribution in [0.1, 0.15) is 15.9 Å². The molecule has 3 aromatic rings. The molecule has 1 amide bonds. The fourth-order valence-corrected chi connectivity index (χ4v) is 2.24. The van der Waals surface area contributed by atoms with Crippen LogP contribution in [-0.2, 0) is 6.54 Å². The second kappa shape index (κ2) is 5.99. The molecular weight excluding hydrogens is 302 g/mol. The van der Waals surface area contributed by atoms with Gasteiger partial charge < -0.3 is 9.73 Å². The maximum Gasteiger partial charge on any atom is 0.257 e. The van der Waals surface area contributed by atoms with Crippen molar-refractivity contribution in [3.05, 3.63) is 70.5 Å². The summed E-state index contributed by atoms with van der Waals surface area (Å²) in [5, 5.41) is 11.8. The number of rotatable bonds is 3. The minimum atomic E-state index is -0.375. The van der Waals surface area contributed by atoms with E-state index in [2.05, 4.69) is 10.3 Å². The number of pyridine rings is 1. The molecule has 6 heteroatoms. The number of hydrogen-bond donors (Lipinski definition) is 2. The van der Waals surface area contributed by atoms with Gasteiger partial charge in [0.2, 0.25) is 5.55 Å². The van der Waals surface area contributed by atoms with E-state index >= 15 is 0 Å². The quantitative estimate of drug-likeness (QED) is 0.780. The first-order chi connectivity index (χ1) is 10.6. The Balaban J connectivity index is 1.87. The Morgan fingerprint density at radius 3 is 2.95 bits per heavy atom. The molecule has 0 fully saturated rings. The predicted molar refractivity (Wildman–Crippen MR) is 82.5 cm³/mol. The molecule has 0 saturated heterocycles. The number of nitrogens with one attached hydrogen (secondary N) is 2. The molecule has 1 aromatic carbocycles. The monoisotopic (exact) mass is 313 g/mol. The Kier molecular flexibility index (Phi) is 3.89. The van der Waals surface area contributed by atoms with Crippen LogP contribution >= 0.6 is 11.6 Å². The average molecular weight is 314 g/mol. The molecular formula is C16H12ClN3O2. The summed E-state index contributed by atoms with van der Waals surface area (Å²) in [6.07, 6.45) is 3.34. The molecule has 0 atom stereocenters. The van der Waals surface area contributed by atoms with Crippen LogP contribution in [0.4, 0.5) is 0 Å². The third kappa shape index (κ3) is 2.99. The van der Waals surface area contributed by atoms with Gasteiger partial charge in [-0.05, 0) is 35.9 Å². The highest BCUT2D eigenvalue weighted by molar-refractivity contribution is 6.31. The minimum Gasteiger partial charge on any atom is -0.438 e. The first-order valence-electron chi connectivity index (χ1n) is 6.58. The van der Waals surface area contributed by atoms with Crippen LogP contribution < -0.4 is 10.9 Å². The minimum absolute atomic E-state index is 0.165. The molecule has 0 saturated carbocycles. The van der Waals surface area contributed by atoms with E-state index in [0.717, 1.165) is 5.56 Å². The van der Waals surface area contributed by atoms with Crippen LogP contribution in [0, 0.1) is 5.41 Å². The number of fused-ring (bicyclic) bond motifs is 1. The summed E-state index contributed by atoms with van der Waals surface area (Å²) in [6, 6.07) is 10.3. The Labute approximate surface area is 131 Å². The zero-order chi connectivity index (χ0) is 15.5. The number of benzene rings is 1. The van der Waals surface area contributed by atoms with Gasteiger partial charge in [-0.3, -0.25) is 15.2 Å². The SMILES string of the molecule is N=c1oc2ccc(Cl)cc2cc1C(=O)NCc1cccnc1. The predicted octanol–water partition coefficient (Wildman–Crippen LogP) is 2.89. The largest absolute Gasteiger partial charge is 0.438 e. The van der Waals surface area contributed by atoms with E-state index in [1.54, 1.807) is 42.7 Å². The third-order valence-corrected chi connectivity index (χ3v) is 3.38. The highest BCUT2D eigenvalue weighted by Gasteiger charge is 2.11.